The molecule has 9 aromatic rings. The van der Waals surface area contributed by atoms with Crippen LogP contribution < -0.4 is 35.8 Å². The Balaban J connectivity index is 1.51. The average Bonchev–Trinajstić information content (AvgIpc) is 3.86. The van der Waals surface area contributed by atoms with Gasteiger partial charge in [0.15, 0.2) is 34.5 Å². The molecule has 0 fully saturated rings. The number of nitrogens with zero attached hydrogens (tertiary/aromatic N) is 2. The summed E-state index contributed by atoms with van der Waals surface area (Å²) in [5, 5.41) is -6.53. The molecule has 0 saturated heterocycles. The summed E-state index contributed by atoms with van der Waals surface area (Å²) in [5.74, 6) is -4.54. The van der Waals surface area contributed by atoms with Gasteiger partial charge in [-0.2, -0.15) is 50.5 Å². The zero-order chi connectivity index (χ0) is 53.0. The van der Waals surface area contributed by atoms with E-state index in [-0.39, 0.29) is 53.2 Å². The van der Waals surface area contributed by atoms with Gasteiger partial charge in [-0.25, -0.2) is 9.98 Å². The molecule has 0 unspecified atom stereocenters. The van der Waals surface area contributed by atoms with Crippen molar-refractivity contribution in [2.75, 3.05) is 0 Å². The average molecular weight is 1130 g/mol. The van der Waals surface area contributed by atoms with Crippen molar-refractivity contribution in [2.45, 2.75) is 0 Å². The lowest BCUT2D eigenvalue weighted by Gasteiger charge is -2.17. The second-order valence-electron chi connectivity index (χ2n) is 15.9. The number of rotatable bonds is 12. The van der Waals surface area contributed by atoms with Crippen LogP contribution in [0.3, 0.4) is 0 Å². The molecule has 74 heavy (non-hydrogen) atoms. The molecule has 0 spiro atoms. The Morgan fingerprint density at radius 2 is 0.514 bits per heavy atom. The molecule has 26 nitrogen and oxygen atoms in total. The summed E-state index contributed by atoms with van der Waals surface area (Å²) in [4.78, 5) is 9.55. The molecule has 11 rings (SSSR count). The van der Waals surface area contributed by atoms with Crippen molar-refractivity contribution in [3.63, 3.8) is 0 Å². The first-order valence-corrected chi connectivity index (χ1v) is 28.2. The van der Waals surface area contributed by atoms with E-state index in [0.717, 1.165) is 24.3 Å². The SMILES string of the molecule is O=S(=O)(O)Oc1c2ccccc2c(OS(=O)(=O)O)c2c3c(ccc12)=c1c(c2c(OS(=O)(=O)O)c4ccccc4c(OS(=O)(=O)O)c2c2c1=c1ccc4c(OS(=O)(=O)O)c5ccccc5c(OS(=O)(=O)O)c4c1=N2)N=3. The van der Waals surface area contributed by atoms with Gasteiger partial charge in [0.05, 0.1) is 43.6 Å². The summed E-state index contributed by atoms with van der Waals surface area (Å²) in [6.45, 7) is 0. The minimum absolute atomic E-state index is 0.159. The van der Waals surface area contributed by atoms with E-state index in [4.69, 9.17) is 35.1 Å². The van der Waals surface area contributed by atoms with Crippen LogP contribution in [0, 0.1) is 20.9 Å². The van der Waals surface area contributed by atoms with Crippen LogP contribution in [0.15, 0.2) is 107 Å². The predicted molar refractivity (Wildman–Crippen MR) is 254 cm³/mol. The van der Waals surface area contributed by atoms with Gasteiger partial charge in [0.2, 0.25) is 0 Å². The first-order valence-electron chi connectivity index (χ1n) is 20.0. The van der Waals surface area contributed by atoms with Crippen molar-refractivity contribution >= 4 is 138 Å². The highest BCUT2D eigenvalue weighted by Crippen LogP contribution is 2.54. The Labute approximate surface area is 412 Å². The standard InChI is InChI=1S/C42H22N2O24S6/c45-69(46,47)63-37-17-7-1-3-9-19(17)39(65-71(51,52)53)29-25(37)15-13-23-27-28-24-14-16-26-30(40(66-72(54,55)56)20-10-4-2-8-18(20)38(26)64-70(48,49)50)34(24)44-36(28)32-31(35(27)43-33(23)29)41(67-73(57,58)59)21-11-5-6-12-22(21)42(32)68-74(60,61)62/h1-16H,(H,45,46,47)(H,48,49,50)(H,51,52,53)(H,54,55,56)(H,57,58,59)(H,60,61,62). The van der Waals surface area contributed by atoms with Crippen molar-refractivity contribution in [1.82, 2.24) is 0 Å². The molecule has 0 bridgehead atoms. The first kappa shape index (κ1) is 48.7. The lowest BCUT2D eigenvalue weighted by Crippen LogP contribution is -2.14. The molecule has 0 amide bonds. The number of hydrogen-bond donors (Lipinski definition) is 6. The van der Waals surface area contributed by atoms with Gasteiger partial charge in [0.1, 0.15) is 0 Å². The minimum atomic E-state index is -5.63. The molecule has 2 heterocycles. The van der Waals surface area contributed by atoms with Gasteiger partial charge in [0, 0.05) is 64.0 Å². The predicted octanol–water partition coefficient (Wildman–Crippen LogP) is 4.80. The van der Waals surface area contributed by atoms with E-state index in [2.05, 4.69) is 0 Å². The van der Waals surface area contributed by atoms with Crippen molar-refractivity contribution in [1.29, 1.82) is 0 Å². The highest BCUT2D eigenvalue weighted by molar-refractivity contribution is 7.82. The van der Waals surface area contributed by atoms with Crippen LogP contribution in [-0.4, -0.2) is 77.8 Å². The number of fused-ring (bicyclic) bond motifs is 15. The van der Waals surface area contributed by atoms with E-state index in [1.165, 1.54) is 72.8 Å². The molecule has 380 valence electrons. The van der Waals surface area contributed by atoms with Crippen LogP contribution in [0.25, 0.3) is 64.6 Å². The molecule has 6 N–H and O–H groups in total. The fourth-order valence-corrected chi connectivity index (χ4v) is 11.7. The van der Waals surface area contributed by atoms with Crippen molar-refractivity contribution in [3.05, 3.63) is 129 Å². The largest absolute Gasteiger partial charge is 0.446 e. The maximum absolute atomic E-state index is 12.9. The lowest BCUT2D eigenvalue weighted by atomic mass is 9.95. The van der Waals surface area contributed by atoms with E-state index in [1.54, 1.807) is 0 Å². The van der Waals surface area contributed by atoms with Gasteiger partial charge < -0.3 is 25.1 Å². The number of hydrogen-bond acceptors (Lipinski definition) is 20. The van der Waals surface area contributed by atoms with Crippen molar-refractivity contribution in [2.24, 2.45) is 9.98 Å². The summed E-state index contributed by atoms with van der Waals surface area (Å²) in [5.41, 5.74) is -0.999. The highest BCUT2D eigenvalue weighted by atomic mass is 32.3. The van der Waals surface area contributed by atoms with Gasteiger partial charge in [-0.05, 0) is 12.1 Å². The monoisotopic (exact) mass is 1130 g/mol. The molecule has 32 heteroatoms. The third-order valence-electron chi connectivity index (χ3n) is 11.6. The van der Waals surface area contributed by atoms with Gasteiger partial charge >= 0.3 is 62.4 Å². The van der Waals surface area contributed by atoms with Crippen LogP contribution in [0.1, 0.15) is 0 Å². The molecule has 9 aromatic carbocycles. The molecule has 0 atom stereocenters. The highest BCUT2D eigenvalue weighted by Gasteiger charge is 2.34. The van der Waals surface area contributed by atoms with E-state index >= 15 is 0 Å². The van der Waals surface area contributed by atoms with Gasteiger partial charge in [-0.15, -0.1) is 0 Å². The maximum atomic E-state index is 12.9. The third kappa shape index (κ3) is 8.23. The number of benzene rings is 9. The van der Waals surface area contributed by atoms with E-state index < -0.39 is 151 Å². The summed E-state index contributed by atoms with van der Waals surface area (Å²) in [7, 11) is -33.2. The molecule has 0 aliphatic carbocycles. The Bertz CT molecular complexity index is 4930. The van der Waals surface area contributed by atoms with Gasteiger partial charge in [0.25, 0.3) is 0 Å². The van der Waals surface area contributed by atoms with Gasteiger partial charge in [-0.1, -0.05) is 84.9 Å². The summed E-state index contributed by atoms with van der Waals surface area (Å²) in [6, 6.07) is 19.8. The van der Waals surface area contributed by atoms with Crippen LogP contribution >= 0.6 is 0 Å². The molecule has 2 aliphatic rings. The molecule has 2 aliphatic heterocycles. The third-order valence-corrected chi connectivity index (χ3v) is 13.8. The van der Waals surface area contributed by atoms with E-state index in [9.17, 15) is 77.8 Å². The fourth-order valence-electron chi connectivity index (χ4n) is 9.42. The lowest BCUT2D eigenvalue weighted by molar-refractivity contribution is 0.385. The van der Waals surface area contributed by atoms with Crippen molar-refractivity contribution < 1.29 is 103 Å². The zero-order valence-electron chi connectivity index (χ0n) is 35.6. The Morgan fingerprint density at radius 1 is 0.284 bits per heavy atom. The Kier molecular flexibility index (Phi) is 10.5. The molecular weight excluding hydrogens is 1110 g/mol. The summed E-state index contributed by atoms with van der Waals surface area (Å²) in [6.07, 6.45) is 0. The molecule has 0 radical (unpaired) electrons. The summed E-state index contributed by atoms with van der Waals surface area (Å²) < 4.78 is 244. The second kappa shape index (κ2) is 16.0. The van der Waals surface area contributed by atoms with Crippen LogP contribution in [-0.2, 0) is 62.4 Å². The molecule has 0 saturated carbocycles. The fraction of sp³-hybridized carbons (Fsp3) is 0. The molecule has 0 aromatic heterocycles. The van der Waals surface area contributed by atoms with E-state index in [0.29, 0.717) is 0 Å². The maximum Gasteiger partial charge on any atom is 0.446 e. The smallest absolute Gasteiger partial charge is 0.360 e. The normalized spacial score (nSPS) is 13.6. The Morgan fingerprint density at radius 3 is 0.770 bits per heavy atom. The Hall–Kier alpha value is -7.60. The zero-order valence-corrected chi connectivity index (χ0v) is 40.5. The van der Waals surface area contributed by atoms with Crippen molar-refractivity contribution in [3.8, 4) is 34.5 Å². The quantitative estimate of drug-likeness (QED) is 0.0706. The van der Waals surface area contributed by atoms with Gasteiger partial charge in [-0.3, -0.25) is 27.3 Å². The minimum Gasteiger partial charge on any atom is -0.360 e. The van der Waals surface area contributed by atoms with Crippen LogP contribution in [0.5, 0.6) is 34.5 Å². The first-order chi connectivity index (χ1) is 34.5. The van der Waals surface area contributed by atoms with Crippen LogP contribution in [0.4, 0.5) is 11.4 Å². The topological polar surface area (TPSA) is 406 Å². The second-order valence-corrected chi connectivity index (χ2v) is 22.0. The summed E-state index contributed by atoms with van der Waals surface area (Å²) >= 11 is 0. The van der Waals surface area contributed by atoms with E-state index in [1.807, 2.05) is 0 Å². The van der Waals surface area contributed by atoms with Crippen LogP contribution in [0.2, 0.25) is 0 Å². The molecular formula is C42H22N2O24S6.